The van der Waals surface area contributed by atoms with Crippen LogP contribution < -0.4 is 10.2 Å². The number of piperazine rings is 1. The number of carbonyl (C=O) groups is 1. The molecule has 1 saturated heterocycles. The Hall–Kier alpha value is -2.40. The van der Waals surface area contributed by atoms with E-state index in [0.717, 1.165) is 32.7 Å². The summed E-state index contributed by atoms with van der Waals surface area (Å²) in [5.41, 5.74) is 2.10. The van der Waals surface area contributed by atoms with Crippen molar-refractivity contribution in [2.24, 2.45) is 0 Å². The van der Waals surface area contributed by atoms with Crippen molar-refractivity contribution < 1.29 is 4.79 Å². The molecular weight excluding hydrogens is 348 g/mol. The van der Waals surface area contributed by atoms with E-state index in [2.05, 4.69) is 50.4 Å². The van der Waals surface area contributed by atoms with Crippen LogP contribution in [0.3, 0.4) is 0 Å². The Morgan fingerprint density at radius 2 is 1.61 bits per heavy atom. The Labute approximate surface area is 167 Å². The van der Waals surface area contributed by atoms with Crippen molar-refractivity contribution in [3.8, 4) is 0 Å². The van der Waals surface area contributed by atoms with Gasteiger partial charge in [0, 0.05) is 61.9 Å². The van der Waals surface area contributed by atoms with Gasteiger partial charge in [-0.25, -0.2) is 0 Å². The van der Waals surface area contributed by atoms with Gasteiger partial charge in [0.15, 0.2) is 0 Å². The van der Waals surface area contributed by atoms with Gasteiger partial charge in [-0.05, 0) is 37.1 Å². The van der Waals surface area contributed by atoms with Crippen LogP contribution >= 0.6 is 0 Å². The highest BCUT2D eigenvalue weighted by atomic mass is 16.1. The Morgan fingerprint density at radius 3 is 2.29 bits per heavy atom. The number of aromatic nitrogens is 1. The van der Waals surface area contributed by atoms with E-state index in [1.54, 1.807) is 24.5 Å². The van der Waals surface area contributed by atoms with Crippen LogP contribution in [0.4, 0.5) is 5.69 Å². The molecule has 2 aromatic rings. The zero-order valence-electron chi connectivity index (χ0n) is 16.5. The molecule has 2 fully saturated rings. The third-order valence-electron chi connectivity index (χ3n) is 6.38. The standard InChI is InChI=1S/C23H30N4O/c28-22(20-9-13-24-14-10-20)25-19-23(11-5-2-6-12-23)27-17-15-26(16-18-27)21-7-3-1-4-8-21/h1,3-4,7-10,13-14H,2,5-6,11-12,15-19H2,(H,25,28). The topological polar surface area (TPSA) is 48.5 Å². The molecule has 5 nitrogen and oxygen atoms in total. The minimum atomic E-state index is 0.00951. The second-order valence-electron chi connectivity index (χ2n) is 8.01. The third-order valence-corrected chi connectivity index (χ3v) is 6.38. The van der Waals surface area contributed by atoms with Crippen LogP contribution in [0.25, 0.3) is 0 Å². The van der Waals surface area contributed by atoms with Crippen LogP contribution in [-0.2, 0) is 0 Å². The summed E-state index contributed by atoms with van der Waals surface area (Å²) in [6.45, 7) is 4.94. The van der Waals surface area contributed by atoms with Crippen molar-refractivity contribution in [3.05, 3.63) is 60.4 Å². The third kappa shape index (κ3) is 4.20. The van der Waals surface area contributed by atoms with E-state index < -0.39 is 0 Å². The van der Waals surface area contributed by atoms with Gasteiger partial charge < -0.3 is 10.2 Å². The van der Waals surface area contributed by atoms with E-state index in [1.807, 2.05) is 0 Å². The highest BCUT2D eigenvalue weighted by molar-refractivity contribution is 5.94. The van der Waals surface area contributed by atoms with Crippen LogP contribution in [0.2, 0.25) is 0 Å². The average Bonchev–Trinajstić information content (AvgIpc) is 2.79. The lowest BCUT2D eigenvalue weighted by Gasteiger charge is -2.50. The summed E-state index contributed by atoms with van der Waals surface area (Å²) in [5, 5.41) is 3.23. The van der Waals surface area contributed by atoms with Crippen molar-refractivity contribution in [1.82, 2.24) is 15.2 Å². The number of nitrogens with one attached hydrogen (secondary N) is 1. The molecule has 1 amide bonds. The first kappa shape index (κ1) is 18.9. The molecule has 1 aliphatic heterocycles. The number of rotatable bonds is 5. The minimum absolute atomic E-state index is 0.00951. The molecule has 0 radical (unpaired) electrons. The van der Waals surface area contributed by atoms with Gasteiger partial charge >= 0.3 is 0 Å². The fourth-order valence-corrected chi connectivity index (χ4v) is 4.74. The van der Waals surface area contributed by atoms with E-state index in [1.165, 1.54) is 37.8 Å². The SMILES string of the molecule is O=C(NCC1(N2CCN(c3ccccc3)CC2)CCCCC1)c1ccncc1. The molecule has 1 aromatic carbocycles. The highest BCUT2D eigenvalue weighted by Crippen LogP contribution is 2.34. The smallest absolute Gasteiger partial charge is 0.251 e. The van der Waals surface area contributed by atoms with Gasteiger partial charge in [-0.2, -0.15) is 0 Å². The zero-order chi connectivity index (χ0) is 19.2. The van der Waals surface area contributed by atoms with Gasteiger partial charge in [0.05, 0.1) is 0 Å². The first-order valence-electron chi connectivity index (χ1n) is 10.5. The van der Waals surface area contributed by atoms with Gasteiger partial charge in [0.1, 0.15) is 0 Å². The normalized spacial score (nSPS) is 19.9. The van der Waals surface area contributed by atoms with E-state index in [-0.39, 0.29) is 11.4 Å². The predicted octanol–water partition coefficient (Wildman–Crippen LogP) is 3.34. The molecule has 0 spiro atoms. The van der Waals surface area contributed by atoms with Gasteiger partial charge in [0.2, 0.25) is 0 Å². The Bertz CT molecular complexity index is 751. The summed E-state index contributed by atoms with van der Waals surface area (Å²) in [5.74, 6) is 0.00951. The number of amides is 1. The van der Waals surface area contributed by atoms with E-state index in [0.29, 0.717) is 5.56 Å². The minimum Gasteiger partial charge on any atom is -0.369 e. The van der Waals surface area contributed by atoms with Gasteiger partial charge in [0.25, 0.3) is 5.91 Å². The lowest BCUT2D eigenvalue weighted by atomic mass is 9.79. The number of carbonyl (C=O) groups excluding carboxylic acids is 1. The maximum Gasteiger partial charge on any atom is 0.251 e. The predicted molar refractivity (Wildman–Crippen MR) is 113 cm³/mol. The van der Waals surface area contributed by atoms with Crippen LogP contribution in [0, 0.1) is 0 Å². The molecule has 28 heavy (non-hydrogen) atoms. The number of benzene rings is 1. The molecule has 2 aliphatic rings. The summed E-state index contributed by atoms with van der Waals surface area (Å²) < 4.78 is 0. The quantitative estimate of drug-likeness (QED) is 0.867. The molecule has 148 valence electrons. The van der Waals surface area contributed by atoms with E-state index >= 15 is 0 Å². The second-order valence-corrected chi connectivity index (χ2v) is 8.01. The van der Waals surface area contributed by atoms with Crippen molar-refractivity contribution in [3.63, 3.8) is 0 Å². The summed E-state index contributed by atoms with van der Waals surface area (Å²) in [6.07, 6.45) is 9.52. The number of hydrogen-bond acceptors (Lipinski definition) is 4. The fraction of sp³-hybridized carbons (Fsp3) is 0.478. The molecule has 0 unspecified atom stereocenters. The van der Waals surface area contributed by atoms with Crippen molar-refractivity contribution in [2.75, 3.05) is 37.6 Å². The van der Waals surface area contributed by atoms with Crippen LogP contribution in [0.5, 0.6) is 0 Å². The first-order chi connectivity index (χ1) is 13.8. The molecule has 0 atom stereocenters. The van der Waals surface area contributed by atoms with Crippen LogP contribution in [0.1, 0.15) is 42.5 Å². The molecular formula is C23H30N4O. The first-order valence-corrected chi connectivity index (χ1v) is 10.5. The molecule has 4 rings (SSSR count). The van der Waals surface area contributed by atoms with E-state index in [4.69, 9.17) is 0 Å². The zero-order valence-corrected chi connectivity index (χ0v) is 16.5. The van der Waals surface area contributed by atoms with Crippen molar-refractivity contribution >= 4 is 11.6 Å². The summed E-state index contributed by atoms with van der Waals surface area (Å²) >= 11 is 0. The number of hydrogen-bond donors (Lipinski definition) is 1. The largest absolute Gasteiger partial charge is 0.369 e. The fourth-order valence-electron chi connectivity index (χ4n) is 4.74. The summed E-state index contributed by atoms with van der Waals surface area (Å²) in [4.78, 5) is 21.7. The Kier molecular flexibility index (Phi) is 5.91. The van der Waals surface area contributed by atoms with Gasteiger partial charge in [-0.3, -0.25) is 14.7 Å². The monoisotopic (exact) mass is 378 g/mol. The molecule has 2 heterocycles. The second kappa shape index (κ2) is 8.74. The summed E-state index contributed by atoms with van der Waals surface area (Å²) in [6, 6.07) is 14.2. The van der Waals surface area contributed by atoms with Gasteiger partial charge in [-0.15, -0.1) is 0 Å². The molecule has 1 aliphatic carbocycles. The van der Waals surface area contributed by atoms with Crippen molar-refractivity contribution in [1.29, 1.82) is 0 Å². The molecule has 1 saturated carbocycles. The maximum absolute atomic E-state index is 12.6. The Balaban J connectivity index is 1.41. The number of pyridine rings is 1. The lowest BCUT2D eigenvalue weighted by molar-refractivity contribution is 0.0426. The van der Waals surface area contributed by atoms with Gasteiger partial charge in [-0.1, -0.05) is 37.5 Å². The van der Waals surface area contributed by atoms with Crippen LogP contribution in [-0.4, -0.2) is 54.1 Å². The molecule has 5 heteroatoms. The molecule has 1 N–H and O–H groups in total. The Morgan fingerprint density at radius 1 is 0.929 bits per heavy atom. The lowest BCUT2D eigenvalue weighted by Crippen LogP contribution is -2.62. The maximum atomic E-state index is 12.6. The van der Waals surface area contributed by atoms with Crippen LogP contribution in [0.15, 0.2) is 54.9 Å². The number of nitrogens with zero attached hydrogens (tertiary/aromatic N) is 3. The molecule has 0 bridgehead atoms. The highest BCUT2D eigenvalue weighted by Gasteiger charge is 2.39. The average molecular weight is 379 g/mol. The van der Waals surface area contributed by atoms with Crippen molar-refractivity contribution in [2.45, 2.75) is 37.6 Å². The van der Waals surface area contributed by atoms with E-state index in [9.17, 15) is 4.79 Å². The number of anilines is 1. The molecule has 1 aromatic heterocycles. The summed E-state index contributed by atoms with van der Waals surface area (Å²) in [7, 11) is 0. The number of para-hydroxylation sites is 1.